The highest BCUT2D eigenvalue weighted by molar-refractivity contribution is 7.09. The van der Waals surface area contributed by atoms with E-state index in [9.17, 15) is 0 Å². The highest BCUT2D eigenvalue weighted by Gasteiger charge is 2.16. The summed E-state index contributed by atoms with van der Waals surface area (Å²) in [7, 11) is 0. The van der Waals surface area contributed by atoms with Crippen LogP contribution in [0.4, 0.5) is 0 Å². The SMILES string of the molecule is Cc1csc(CNCc2cc(Cl)c3c(c2)OCCO3)n1.Cl. The zero-order chi connectivity index (χ0) is 13.9. The quantitative estimate of drug-likeness (QED) is 0.918. The van der Waals surface area contributed by atoms with E-state index in [0.717, 1.165) is 35.1 Å². The van der Waals surface area contributed by atoms with E-state index >= 15 is 0 Å². The van der Waals surface area contributed by atoms with Gasteiger partial charge in [0.1, 0.15) is 18.2 Å². The van der Waals surface area contributed by atoms with E-state index in [2.05, 4.69) is 15.7 Å². The molecule has 4 nitrogen and oxygen atoms in total. The first-order chi connectivity index (χ1) is 9.72. The largest absolute Gasteiger partial charge is 0.486 e. The summed E-state index contributed by atoms with van der Waals surface area (Å²) in [6.45, 7) is 4.59. The maximum Gasteiger partial charge on any atom is 0.179 e. The molecule has 0 spiro atoms. The van der Waals surface area contributed by atoms with Crippen LogP contribution in [0.5, 0.6) is 11.5 Å². The first-order valence-electron chi connectivity index (χ1n) is 6.42. The molecule has 0 saturated carbocycles. The average molecular weight is 347 g/mol. The molecule has 0 unspecified atom stereocenters. The van der Waals surface area contributed by atoms with Crippen LogP contribution < -0.4 is 14.8 Å². The molecule has 1 aromatic carbocycles. The molecule has 0 aliphatic carbocycles. The maximum atomic E-state index is 6.20. The third kappa shape index (κ3) is 4.01. The fourth-order valence-electron chi connectivity index (χ4n) is 2.06. The van der Waals surface area contributed by atoms with Crippen LogP contribution in [0.3, 0.4) is 0 Å². The molecule has 0 atom stereocenters. The molecule has 2 aromatic rings. The van der Waals surface area contributed by atoms with Crippen LogP contribution >= 0.6 is 35.3 Å². The van der Waals surface area contributed by atoms with Gasteiger partial charge < -0.3 is 14.8 Å². The maximum absolute atomic E-state index is 6.20. The van der Waals surface area contributed by atoms with Crippen LogP contribution in [0.15, 0.2) is 17.5 Å². The van der Waals surface area contributed by atoms with Gasteiger partial charge in [0.25, 0.3) is 0 Å². The van der Waals surface area contributed by atoms with Crippen LogP contribution in [-0.4, -0.2) is 18.2 Å². The number of ether oxygens (including phenoxy) is 2. The van der Waals surface area contributed by atoms with Gasteiger partial charge in [0.15, 0.2) is 11.5 Å². The van der Waals surface area contributed by atoms with Crippen LogP contribution in [0.2, 0.25) is 5.02 Å². The lowest BCUT2D eigenvalue weighted by atomic mass is 10.2. The number of rotatable bonds is 4. The summed E-state index contributed by atoms with van der Waals surface area (Å²) in [5.74, 6) is 1.38. The Hall–Kier alpha value is -1.01. The van der Waals surface area contributed by atoms with Gasteiger partial charge in [-0.2, -0.15) is 0 Å². The van der Waals surface area contributed by atoms with Gasteiger partial charge in [0.05, 0.1) is 5.02 Å². The highest BCUT2D eigenvalue weighted by atomic mass is 35.5. The highest BCUT2D eigenvalue weighted by Crippen LogP contribution is 2.38. The predicted molar refractivity (Wildman–Crippen MR) is 87.1 cm³/mol. The van der Waals surface area contributed by atoms with E-state index in [0.29, 0.717) is 24.0 Å². The van der Waals surface area contributed by atoms with Gasteiger partial charge in [-0.3, -0.25) is 0 Å². The smallest absolute Gasteiger partial charge is 0.179 e. The van der Waals surface area contributed by atoms with Crippen molar-refractivity contribution in [1.29, 1.82) is 0 Å². The normalized spacial score (nSPS) is 12.9. The summed E-state index contributed by atoms with van der Waals surface area (Å²) < 4.78 is 11.1. The van der Waals surface area contributed by atoms with Crippen molar-refractivity contribution >= 4 is 35.3 Å². The van der Waals surface area contributed by atoms with Crippen molar-refractivity contribution < 1.29 is 9.47 Å². The van der Waals surface area contributed by atoms with Crippen molar-refractivity contribution in [3.8, 4) is 11.5 Å². The van der Waals surface area contributed by atoms with E-state index < -0.39 is 0 Å². The van der Waals surface area contributed by atoms with Crippen molar-refractivity contribution in [2.24, 2.45) is 0 Å². The fraction of sp³-hybridized carbons (Fsp3) is 0.357. The molecule has 0 amide bonds. The Morgan fingerprint density at radius 3 is 2.86 bits per heavy atom. The zero-order valence-corrected chi connectivity index (χ0v) is 13.9. The molecule has 1 aliphatic heterocycles. The molecule has 114 valence electrons. The molecule has 0 saturated heterocycles. The topological polar surface area (TPSA) is 43.4 Å². The van der Waals surface area contributed by atoms with Crippen molar-refractivity contribution in [2.75, 3.05) is 13.2 Å². The first kappa shape index (κ1) is 16.4. The first-order valence-corrected chi connectivity index (χ1v) is 7.68. The predicted octanol–water partition coefficient (Wildman–Crippen LogP) is 3.59. The Labute approximate surface area is 138 Å². The Morgan fingerprint density at radius 2 is 2.10 bits per heavy atom. The minimum Gasteiger partial charge on any atom is -0.486 e. The Bertz CT molecular complexity index is 619. The summed E-state index contributed by atoms with van der Waals surface area (Å²) >= 11 is 7.87. The monoisotopic (exact) mass is 346 g/mol. The van der Waals surface area contributed by atoms with Crippen LogP contribution in [-0.2, 0) is 13.1 Å². The van der Waals surface area contributed by atoms with Crippen LogP contribution in [0.1, 0.15) is 16.3 Å². The minimum absolute atomic E-state index is 0. The molecular formula is C14H16Cl2N2O2S. The third-order valence-electron chi connectivity index (χ3n) is 2.93. The minimum atomic E-state index is 0. The Morgan fingerprint density at radius 1 is 1.29 bits per heavy atom. The van der Waals surface area contributed by atoms with E-state index in [1.54, 1.807) is 11.3 Å². The fourth-order valence-corrected chi connectivity index (χ4v) is 3.09. The number of fused-ring (bicyclic) bond motifs is 1. The summed E-state index contributed by atoms with van der Waals surface area (Å²) in [5, 5.41) is 7.10. The second-order valence-corrected chi connectivity index (χ2v) is 5.94. The van der Waals surface area contributed by atoms with Gasteiger partial charge in [-0.25, -0.2) is 4.98 Å². The molecule has 0 radical (unpaired) electrons. The molecule has 7 heteroatoms. The van der Waals surface area contributed by atoms with Gasteiger partial charge in [-0.15, -0.1) is 23.7 Å². The third-order valence-corrected chi connectivity index (χ3v) is 4.18. The number of halogens is 2. The van der Waals surface area contributed by atoms with Gasteiger partial charge >= 0.3 is 0 Å². The number of aryl methyl sites for hydroxylation is 1. The van der Waals surface area contributed by atoms with Crippen LogP contribution in [0.25, 0.3) is 0 Å². The standard InChI is InChI=1S/C14H15ClN2O2S.ClH/c1-9-8-20-13(17-9)7-16-6-10-4-11(15)14-12(5-10)18-2-3-19-14;/h4-5,8,16H,2-3,6-7H2,1H3;1H. The molecule has 21 heavy (non-hydrogen) atoms. The number of aromatic nitrogens is 1. The molecule has 2 heterocycles. The summed E-state index contributed by atoms with van der Waals surface area (Å²) in [4.78, 5) is 4.41. The van der Waals surface area contributed by atoms with E-state index in [1.807, 2.05) is 19.1 Å². The summed E-state index contributed by atoms with van der Waals surface area (Å²) in [5.41, 5.74) is 2.14. The zero-order valence-electron chi connectivity index (χ0n) is 11.5. The van der Waals surface area contributed by atoms with E-state index in [1.165, 1.54) is 0 Å². The molecule has 1 aromatic heterocycles. The summed E-state index contributed by atoms with van der Waals surface area (Å²) in [6.07, 6.45) is 0. The number of thiazole rings is 1. The summed E-state index contributed by atoms with van der Waals surface area (Å²) in [6, 6.07) is 3.88. The second kappa shape index (κ2) is 7.31. The lowest BCUT2D eigenvalue weighted by molar-refractivity contribution is 0.171. The van der Waals surface area contributed by atoms with E-state index in [-0.39, 0.29) is 12.4 Å². The van der Waals surface area contributed by atoms with Crippen molar-refractivity contribution in [3.05, 3.63) is 38.8 Å². The molecule has 1 N–H and O–H groups in total. The number of hydrogen-bond acceptors (Lipinski definition) is 5. The lowest BCUT2D eigenvalue weighted by Crippen LogP contribution is -2.17. The van der Waals surface area contributed by atoms with Gasteiger partial charge in [0.2, 0.25) is 0 Å². The van der Waals surface area contributed by atoms with Gasteiger partial charge in [-0.05, 0) is 24.6 Å². The van der Waals surface area contributed by atoms with Crippen LogP contribution in [0, 0.1) is 6.92 Å². The Balaban J connectivity index is 0.00000161. The number of benzene rings is 1. The molecule has 3 rings (SSSR count). The van der Waals surface area contributed by atoms with Crippen molar-refractivity contribution in [3.63, 3.8) is 0 Å². The van der Waals surface area contributed by atoms with Crippen molar-refractivity contribution in [1.82, 2.24) is 10.3 Å². The molecule has 1 aliphatic rings. The number of hydrogen-bond donors (Lipinski definition) is 1. The number of nitrogens with zero attached hydrogens (tertiary/aromatic N) is 1. The second-order valence-electron chi connectivity index (χ2n) is 4.59. The Kier molecular flexibility index (Phi) is 5.70. The molecule has 0 fully saturated rings. The average Bonchev–Trinajstić information content (AvgIpc) is 2.85. The number of nitrogens with one attached hydrogen (secondary N) is 1. The molecule has 0 bridgehead atoms. The van der Waals surface area contributed by atoms with Gasteiger partial charge in [-0.1, -0.05) is 11.6 Å². The lowest BCUT2D eigenvalue weighted by Gasteiger charge is -2.20. The van der Waals surface area contributed by atoms with E-state index in [4.69, 9.17) is 21.1 Å². The molecular weight excluding hydrogens is 331 g/mol. The van der Waals surface area contributed by atoms with Gasteiger partial charge in [0, 0.05) is 24.2 Å². The van der Waals surface area contributed by atoms with Crippen molar-refractivity contribution in [2.45, 2.75) is 20.0 Å².